The van der Waals surface area contributed by atoms with Gasteiger partial charge in [-0.2, -0.15) is 5.10 Å². The van der Waals surface area contributed by atoms with E-state index in [1.54, 1.807) is 4.68 Å². The quantitative estimate of drug-likeness (QED) is 0.829. The maximum atomic E-state index is 12.2. The molecule has 3 unspecified atom stereocenters. The Hall–Kier alpha value is -1.36. The summed E-state index contributed by atoms with van der Waals surface area (Å²) in [5.74, 6) is 1.48. The molecule has 5 nitrogen and oxygen atoms in total. The number of hydrogen-bond acceptors (Lipinski definition) is 3. The van der Waals surface area contributed by atoms with Crippen molar-refractivity contribution in [3.8, 4) is 0 Å². The van der Waals surface area contributed by atoms with Crippen LogP contribution in [0.4, 0.5) is 0 Å². The maximum Gasteiger partial charge on any atom is 0.237 e. The third-order valence-electron chi connectivity index (χ3n) is 4.50. The number of carbonyl (C=O) groups excluding carboxylic acids is 1. The van der Waals surface area contributed by atoms with E-state index in [0.717, 1.165) is 18.9 Å². The Labute approximate surface area is 113 Å². The van der Waals surface area contributed by atoms with Gasteiger partial charge < -0.3 is 10.6 Å². The number of aromatic nitrogens is 2. The van der Waals surface area contributed by atoms with Gasteiger partial charge in [-0.1, -0.05) is 6.42 Å². The lowest BCUT2D eigenvalue weighted by atomic mass is 9.93. The van der Waals surface area contributed by atoms with Crippen LogP contribution in [-0.2, 0) is 18.3 Å². The van der Waals surface area contributed by atoms with Crippen LogP contribution < -0.4 is 10.6 Å². The van der Waals surface area contributed by atoms with Crippen molar-refractivity contribution >= 4 is 5.91 Å². The van der Waals surface area contributed by atoms with E-state index in [1.165, 1.54) is 24.8 Å². The number of amides is 1. The number of aryl methyl sites for hydroxylation is 1. The van der Waals surface area contributed by atoms with Gasteiger partial charge >= 0.3 is 0 Å². The fraction of sp³-hybridized carbons (Fsp3) is 0.714. The average molecular weight is 262 g/mol. The van der Waals surface area contributed by atoms with Gasteiger partial charge in [0.05, 0.1) is 12.2 Å². The summed E-state index contributed by atoms with van der Waals surface area (Å²) in [6, 6.07) is 0.0430. The summed E-state index contributed by atoms with van der Waals surface area (Å²) in [7, 11) is 1.91. The van der Waals surface area contributed by atoms with Crippen LogP contribution in [0.3, 0.4) is 0 Å². The van der Waals surface area contributed by atoms with Crippen molar-refractivity contribution < 1.29 is 4.79 Å². The lowest BCUT2D eigenvalue weighted by molar-refractivity contribution is -0.123. The van der Waals surface area contributed by atoms with E-state index in [0.29, 0.717) is 12.5 Å². The van der Waals surface area contributed by atoms with E-state index in [2.05, 4.69) is 15.7 Å². The molecule has 0 aromatic carbocycles. The van der Waals surface area contributed by atoms with Crippen LogP contribution in [0.5, 0.6) is 0 Å². The molecule has 1 aliphatic carbocycles. The topological polar surface area (TPSA) is 59.0 Å². The summed E-state index contributed by atoms with van der Waals surface area (Å²) < 4.78 is 1.79. The zero-order chi connectivity index (χ0) is 13.2. The lowest BCUT2D eigenvalue weighted by Crippen LogP contribution is -2.44. The fourth-order valence-electron chi connectivity index (χ4n) is 3.52. The maximum absolute atomic E-state index is 12.2. The minimum atomic E-state index is 0.0430. The molecule has 1 saturated heterocycles. The second kappa shape index (κ2) is 5.33. The van der Waals surface area contributed by atoms with Gasteiger partial charge in [0.25, 0.3) is 0 Å². The fourth-order valence-corrected chi connectivity index (χ4v) is 3.52. The third-order valence-corrected chi connectivity index (χ3v) is 4.50. The van der Waals surface area contributed by atoms with Crippen LogP contribution in [0, 0.1) is 11.8 Å². The lowest BCUT2D eigenvalue weighted by Gasteiger charge is -2.17. The molecule has 2 N–H and O–H groups in total. The molecule has 3 rings (SSSR count). The minimum Gasteiger partial charge on any atom is -0.354 e. The first-order valence-electron chi connectivity index (χ1n) is 7.22. The van der Waals surface area contributed by atoms with Gasteiger partial charge in [-0.3, -0.25) is 9.48 Å². The Morgan fingerprint density at radius 3 is 3.26 bits per heavy atom. The molecule has 19 heavy (non-hydrogen) atoms. The average Bonchev–Trinajstić information content (AvgIpc) is 3.04. The summed E-state index contributed by atoms with van der Waals surface area (Å²) in [6.45, 7) is 1.71. The number of hydrogen-bond donors (Lipinski definition) is 2. The Bertz CT molecular complexity index is 456. The van der Waals surface area contributed by atoms with Gasteiger partial charge in [0.1, 0.15) is 0 Å². The second-order valence-electron chi connectivity index (χ2n) is 5.80. The molecule has 3 atom stereocenters. The van der Waals surface area contributed by atoms with Crippen molar-refractivity contribution in [1.82, 2.24) is 20.4 Å². The van der Waals surface area contributed by atoms with E-state index in [9.17, 15) is 4.79 Å². The van der Waals surface area contributed by atoms with E-state index in [1.807, 2.05) is 19.4 Å². The van der Waals surface area contributed by atoms with E-state index in [-0.39, 0.29) is 11.9 Å². The normalized spacial score (nSPS) is 29.4. The highest BCUT2D eigenvalue weighted by Gasteiger charge is 2.42. The SMILES string of the molecule is Cn1cc(CCNC(=O)C2NCC3CCCC32)cn1. The van der Waals surface area contributed by atoms with E-state index < -0.39 is 0 Å². The molecular formula is C14H22N4O. The molecule has 104 valence electrons. The van der Waals surface area contributed by atoms with Crippen LogP contribution in [0.15, 0.2) is 12.4 Å². The van der Waals surface area contributed by atoms with Crippen LogP contribution in [0.1, 0.15) is 24.8 Å². The molecule has 1 amide bonds. The molecule has 0 spiro atoms. The van der Waals surface area contributed by atoms with Crippen LogP contribution >= 0.6 is 0 Å². The van der Waals surface area contributed by atoms with E-state index >= 15 is 0 Å². The first kappa shape index (κ1) is 12.7. The van der Waals surface area contributed by atoms with Gasteiger partial charge in [-0.15, -0.1) is 0 Å². The van der Waals surface area contributed by atoms with Crippen molar-refractivity contribution in [2.45, 2.75) is 31.7 Å². The van der Waals surface area contributed by atoms with Crippen molar-refractivity contribution in [3.63, 3.8) is 0 Å². The Morgan fingerprint density at radius 1 is 1.58 bits per heavy atom. The molecule has 2 aliphatic rings. The monoisotopic (exact) mass is 262 g/mol. The Morgan fingerprint density at radius 2 is 2.47 bits per heavy atom. The standard InChI is InChI=1S/C14H22N4O/c1-18-9-10(7-17-18)5-6-15-14(19)13-12-4-2-3-11(12)8-16-13/h7,9,11-13,16H,2-6,8H2,1H3,(H,15,19). The van der Waals surface area contributed by atoms with Crippen molar-refractivity contribution in [2.24, 2.45) is 18.9 Å². The number of rotatable bonds is 4. The molecular weight excluding hydrogens is 240 g/mol. The summed E-state index contributed by atoms with van der Waals surface area (Å²) in [4.78, 5) is 12.2. The van der Waals surface area contributed by atoms with Gasteiger partial charge in [0.2, 0.25) is 5.91 Å². The molecule has 0 bridgehead atoms. The first-order valence-corrected chi connectivity index (χ1v) is 7.22. The van der Waals surface area contributed by atoms with Gasteiger partial charge in [-0.25, -0.2) is 0 Å². The predicted molar refractivity (Wildman–Crippen MR) is 72.5 cm³/mol. The van der Waals surface area contributed by atoms with Crippen molar-refractivity contribution in [3.05, 3.63) is 18.0 Å². The summed E-state index contributed by atoms with van der Waals surface area (Å²) in [5.41, 5.74) is 1.17. The predicted octanol–water partition coefficient (Wildman–Crippen LogP) is 0.467. The van der Waals surface area contributed by atoms with Gasteiger partial charge in [-0.05, 0) is 43.2 Å². The molecule has 1 aliphatic heterocycles. The molecule has 1 aromatic rings. The summed E-state index contributed by atoms with van der Waals surface area (Å²) in [5, 5.41) is 10.6. The highest BCUT2D eigenvalue weighted by molar-refractivity contribution is 5.82. The molecule has 0 radical (unpaired) electrons. The van der Waals surface area contributed by atoms with Crippen LogP contribution in [-0.4, -0.2) is 34.8 Å². The Kier molecular flexibility index (Phi) is 3.55. The number of nitrogens with zero attached hydrogens (tertiary/aromatic N) is 2. The third kappa shape index (κ3) is 2.66. The van der Waals surface area contributed by atoms with Gasteiger partial charge in [0.15, 0.2) is 0 Å². The van der Waals surface area contributed by atoms with Crippen LogP contribution in [0.2, 0.25) is 0 Å². The first-order chi connectivity index (χ1) is 9.24. The highest BCUT2D eigenvalue weighted by Crippen LogP contribution is 2.37. The molecule has 1 aromatic heterocycles. The number of nitrogens with one attached hydrogen (secondary N) is 2. The molecule has 2 fully saturated rings. The Balaban J connectivity index is 1.46. The molecule has 5 heteroatoms. The minimum absolute atomic E-state index is 0.0430. The van der Waals surface area contributed by atoms with Crippen LogP contribution in [0.25, 0.3) is 0 Å². The zero-order valence-electron chi connectivity index (χ0n) is 11.4. The van der Waals surface area contributed by atoms with Crippen molar-refractivity contribution in [2.75, 3.05) is 13.1 Å². The highest BCUT2D eigenvalue weighted by atomic mass is 16.2. The number of carbonyl (C=O) groups is 1. The molecule has 1 saturated carbocycles. The van der Waals surface area contributed by atoms with Gasteiger partial charge in [0, 0.05) is 19.8 Å². The van der Waals surface area contributed by atoms with Crippen molar-refractivity contribution in [1.29, 1.82) is 0 Å². The number of fused-ring (bicyclic) bond motifs is 1. The largest absolute Gasteiger partial charge is 0.354 e. The second-order valence-corrected chi connectivity index (χ2v) is 5.80. The smallest absolute Gasteiger partial charge is 0.237 e. The molecule has 2 heterocycles. The van der Waals surface area contributed by atoms with E-state index in [4.69, 9.17) is 0 Å². The summed E-state index contributed by atoms with van der Waals surface area (Å²) in [6.07, 6.45) is 8.48. The zero-order valence-corrected chi connectivity index (χ0v) is 11.4. The summed E-state index contributed by atoms with van der Waals surface area (Å²) >= 11 is 0.